The number of nitrogens with zero attached hydrogens (tertiary/aromatic N) is 1. The smallest absolute Gasteiger partial charge is 0.197 e. The van der Waals surface area contributed by atoms with E-state index in [9.17, 15) is 4.79 Å². The summed E-state index contributed by atoms with van der Waals surface area (Å²) in [6, 6.07) is 7.55. The van der Waals surface area contributed by atoms with Crippen molar-refractivity contribution in [3.05, 3.63) is 57.9 Å². The maximum Gasteiger partial charge on any atom is 0.197 e. The van der Waals surface area contributed by atoms with Gasteiger partial charge in [-0.05, 0) is 64.3 Å². The summed E-state index contributed by atoms with van der Waals surface area (Å²) in [5.74, 6) is -0.198. The van der Waals surface area contributed by atoms with Gasteiger partial charge in [0.25, 0.3) is 0 Å². The van der Waals surface area contributed by atoms with Crippen LogP contribution in [0.15, 0.2) is 24.3 Å². The van der Waals surface area contributed by atoms with Crippen LogP contribution in [0.4, 0.5) is 4.39 Å². The van der Waals surface area contributed by atoms with E-state index < -0.39 is 11.4 Å². The fourth-order valence-corrected chi connectivity index (χ4v) is 4.50. The van der Waals surface area contributed by atoms with Crippen LogP contribution < -0.4 is 9.47 Å². The van der Waals surface area contributed by atoms with Crippen LogP contribution >= 0.6 is 0 Å². The molecular formula is C24H27FN2O3. The van der Waals surface area contributed by atoms with Gasteiger partial charge in [0.05, 0.1) is 30.9 Å². The van der Waals surface area contributed by atoms with E-state index in [2.05, 4.69) is 0 Å². The average molecular weight is 410 g/mol. The van der Waals surface area contributed by atoms with Gasteiger partial charge in [-0.1, -0.05) is 17.2 Å². The predicted molar refractivity (Wildman–Crippen MR) is 113 cm³/mol. The van der Waals surface area contributed by atoms with Gasteiger partial charge in [0.2, 0.25) is 0 Å². The fourth-order valence-electron chi connectivity index (χ4n) is 4.50. The molecule has 2 aliphatic rings. The molecule has 0 unspecified atom stereocenters. The molecule has 0 amide bonds. The Morgan fingerprint density at radius 1 is 1.10 bits per heavy atom. The SMILES string of the molecule is CCOc1cc2c(c(F)c1OCC)C(=N)N(CC(=O)c1cc(C)cc(C)c1)C21CC1. The average Bonchev–Trinajstić information content (AvgIpc) is 3.45. The molecule has 1 spiro atoms. The number of ether oxygens (including phenoxy) is 2. The van der Waals surface area contributed by atoms with Crippen LogP contribution in [-0.4, -0.2) is 36.3 Å². The van der Waals surface area contributed by atoms with Gasteiger partial charge in [0, 0.05) is 5.56 Å². The fraction of sp³-hybridized carbons (Fsp3) is 0.417. The van der Waals surface area contributed by atoms with Crippen LogP contribution in [0.25, 0.3) is 0 Å². The van der Waals surface area contributed by atoms with Gasteiger partial charge in [0.15, 0.2) is 23.1 Å². The summed E-state index contributed by atoms with van der Waals surface area (Å²) in [7, 11) is 0. The standard InChI is InChI=1S/C24H27FN2O3/c1-5-29-19-12-17-20(21(25)22(19)30-6-2)23(26)27(24(17)7-8-24)13-18(28)16-10-14(3)9-15(4)11-16/h9-12,26H,5-8,13H2,1-4H3. The van der Waals surface area contributed by atoms with Gasteiger partial charge >= 0.3 is 0 Å². The molecule has 5 nitrogen and oxygen atoms in total. The van der Waals surface area contributed by atoms with Gasteiger partial charge in [-0.3, -0.25) is 10.2 Å². The second-order valence-electron chi connectivity index (χ2n) is 8.07. The Morgan fingerprint density at radius 3 is 2.30 bits per heavy atom. The number of fused-ring (bicyclic) bond motifs is 2. The van der Waals surface area contributed by atoms with Crippen molar-refractivity contribution in [1.82, 2.24) is 4.90 Å². The Balaban J connectivity index is 1.72. The molecule has 1 fully saturated rings. The molecular weight excluding hydrogens is 383 g/mol. The highest BCUT2D eigenvalue weighted by molar-refractivity contribution is 6.07. The van der Waals surface area contributed by atoms with Crippen LogP contribution in [0.2, 0.25) is 0 Å². The van der Waals surface area contributed by atoms with Crippen LogP contribution in [0.1, 0.15) is 59.3 Å². The van der Waals surface area contributed by atoms with Crippen LogP contribution in [-0.2, 0) is 5.54 Å². The molecule has 0 aromatic heterocycles. The first-order valence-electron chi connectivity index (χ1n) is 10.4. The van der Waals surface area contributed by atoms with Crippen molar-refractivity contribution in [3.63, 3.8) is 0 Å². The normalized spacial score (nSPS) is 16.0. The zero-order valence-corrected chi connectivity index (χ0v) is 17.9. The largest absolute Gasteiger partial charge is 0.490 e. The third-order valence-electron chi connectivity index (χ3n) is 5.87. The summed E-state index contributed by atoms with van der Waals surface area (Å²) >= 11 is 0. The molecule has 0 saturated heterocycles. The van der Waals surface area contributed by atoms with Crippen molar-refractivity contribution in [2.45, 2.75) is 46.1 Å². The first kappa shape index (κ1) is 20.4. The van der Waals surface area contributed by atoms with Crippen LogP contribution in [0.5, 0.6) is 11.5 Å². The van der Waals surface area contributed by atoms with Crippen LogP contribution in [0, 0.1) is 25.1 Å². The third-order valence-corrected chi connectivity index (χ3v) is 5.87. The Labute approximate surface area is 176 Å². The van der Waals surface area contributed by atoms with E-state index >= 15 is 4.39 Å². The van der Waals surface area contributed by atoms with E-state index in [-0.39, 0.29) is 29.5 Å². The second kappa shape index (κ2) is 7.42. The molecule has 0 atom stereocenters. The summed E-state index contributed by atoms with van der Waals surface area (Å²) in [5.41, 5.74) is 3.12. The van der Waals surface area contributed by atoms with Crippen molar-refractivity contribution in [3.8, 4) is 11.5 Å². The lowest BCUT2D eigenvalue weighted by Gasteiger charge is -2.26. The highest BCUT2D eigenvalue weighted by Gasteiger charge is 2.58. The summed E-state index contributed by atoms with van der Waals surface area (Å²) in [5, 5.41) is 8.70. The van der Waals surface area contributed by atoms with Gasteiger partial charge in [0.1, 0.15) is 5.84 Å². The molecule has 1 saturated carbocycles. The van der Waals surface area contributed by atoms with Gasteiger partial charge in [-0.25, -0.2) is 4.39 Å². The van der Waals surface area contributed by atoms with Crippen molar-refractivity contribution in [2.75, 3.05) is 19.8 Å². The van der Waals surface area contributed by atoms with E-state index in [1.807, 2.05) is 39.0 Å². The highest BCUT2D eigenvalue weighted by atomic mass is 19.1. The number of benzene rings is 2. The monoisotopic (exact) mass is 410 g/mol. The van der Waals surface area contributed by atoms with E-state index in [1.54, 1.807) is 17.9 Å². The van der Waals surface area contributed by atoms with E-state index in [0.29, 0.717) is 24.5 Å². The number of Topliss-reactive ketones (excluding diaryl/α,β-unsaturated/α-hetero) is 1. The molecule has 2 aromatic rings. The maximum atomic E-state index is 15.4. The number of aryl methyl sites for hydroxylation is 2. The number of amidine groups is 1. The molecule has 1 aliphatic heterocycles. The lowest BCUT2D eigenvalue weighted by molar-refractivity contribution is 0.0943. The number of rotatable bonds is 7. The lowest BCUT2D eigenvalue weighted by Crippen LogP contribution is -2.38. The zero-order valence-electron chi connectivity index (χ0n) is 17.9. The summed E-state index contributed by atoms with van der Waals surface area (Å²) in [4.78, 5) is 14.8. The van der Waals surface area contributed by atoms with Crippen molar-refractivity contribution >= 4 is 11.6 Å². The molecule has 1 N–H and O–H groups in total. The number of halogens is 1. The predicted octanol–water partition coefficient (Wildman–Crippen LogP) is 4.75. The van der Waals surface area contributed by atoms with Gasteiger partial charge in [-0.2, -0.15) is 0 Å². The number of hydrogen-bond acceptors (Lipinski definition) is 4. The lowest BCUT2D eigenvalue weighted by atomic mass is 10.0. The minimum Gasteiger partial charge on any atom is -0.490 e. The minimum absolute atomic E-state index is 0.0427. The Bertz CT molecular complexity index is 1020. The molecule has 0 bridgehead atoms. The Morgan fingerprint density at radius 2 is 1.73 bits per heavy atom. The summed E-state index contributed by atoms with van der Waals surface area (Å²) < 4.78 is 26.6. The Kier molecular flexibility index (Phi) is 5.04. The number of carbonyl (C=O) groups excluding carboxylic acids is 1. The summed E-state index contributed by atoms with van der Waals surface area (Å²) in [6.45, 7) is 8.26. The van der Waals surface area contributed by atoms with Crippen molar-refractivity contribution < 1.29 is 18.7 Å². The maximum absolute atomic E-state index is 15.4. The second-order valence-corrected chi connectivity index (χ2v) is 8.07. The molecule has 1 aliphatic carbocycles. The molecule has 0 radical (unpaired) electrons. The van der Waals surface area contributed by atoms with Crippen molar-refractivity contribution in [2.24, 2.45) is 0 Å². The number of nitrogens with one attached hydrogen (secondary N) is 1. The molecule has 30 heavy (non-hydrogen) atoms. The number of hydrogen-bond donors (Lipinski definition) is 1. The molecule has 4 rings (SSSR count). The van der Waals surface area contributed by atoms with E-state index in [4.69, 9.17) is 14.9 Å². The minimum atomic E-state index is -0.574. The first-order chi connectivity index (χ1) is 14.3. The van der Waals surface area contributed by atoms with E-state index in [1.165, 1.54) is 0 Å². The third kappa shape index (κ3) is 3.15. The Hall–Kier alpha value is -2.89. The number of carbonyl (C=O) groups is 1. The van der Waals surface area contributed by atoms with Gasteiger partial charge in [-0.15, -0.1) is 0 Å². The van der Waals surface area contributed by atoms with Crippen LogP contribution in [0.3, 0.4) is 0 Å². The summed E-state index contributed by atoms with van der Waals surface area (Å²) in [6.07, 6.45) is 1.56. The molecule has 6 heteroatoms. The molecule has 158 valence electrons. The highest BCUT2D eigenvalue weighted by Crippen LogP contribution is 2.58. The quantitative estimate of drug-likeness (QED) is 0.669. The topological polar surface area (TPSA) is 62.6 Å². The van der Waals surface area contributed by atoms with Crippen molar-refractivity contribution in [1.29, 1.82) is 5.41 Å². The molecule has 2 aromatic carbocycles. The van der Waals surface area contributed by atoms with Gasteiger partial charge < -0.3 is 14.4 Å². The zero-order chi connectivity index (χ0) is 21.6. The number of ketones is 1. The first-order valence-corrected chi connectivity index (χ1v) is 10.4. The van der Waals surface area contributed by atoms with E-state index in [0.717, 1.165) is 29.5 Å². The molecule has 1 heterocycles.